The Morgan fingerprint density at radius 2 is 1.88 bits per heavy atom. The van der Waals surface area contributed by atoms with Crippen molar-refractivity contribution in [3.8, 4) is 0 Å². The highest BCUT2D eigenvalue weighted by Crippen LogP contribution is 2.27. The molecule has 92 valence electrons. The lowest BCUT2D eigenvalue weighted by Crippen LogP contribution is -2.21. The molecule has 0 saturated carbocycles. The van der Waals surface area contributed by atoms with Crippen LogP contribution < -0.4 is 5.32 Å². The van der Waals surface area contributed by atoms with Crippen molar-refractivity contribution in [3.63, 3.8) is 0 Å². The van der Waals surface area contributed by atoms with Gasteiger partial charge in [-0.2, -0.15) is 0 Å². The van der Waals surface area contributed by atoms with Crippen molar-refractivity contribution in [3.05, 3.63) is 23.7 Å². The third-order valence-corrected chi connectivity index (χ3v) is 3.34. The molecule has 2 nitrogen and oxygen atoms in total. The van der Waals surface area contributed by atoms with Gasteiger partial charge in [0.2, 0.25) is 0 Å². The minimum atomic E-state index is 0.295. The fourth-order valence-corrected chi connectivity index (χ4v) is 1.92. The van der Waals surface area contributed by atoms with E-state index in [1.54, 1.807) is 0 Å². The monoisotopic (exact) mass is 241 g/mol. The van der Waals surface area contributed by atoms with Crippen molar-refractivity contribution in [1.82, 2.24) is 5.32 Å². The van der Waals surface area contributed by atoms with Crippen LogP contribution in [0, 0.1) is 0 Å². The largest absolute Gasteiger partial charge is 0.464 e. The molecule has 1 aromatic heterocycles. The molecule has 0 radical (unpaired) electrons. The quantitative estimate of drug-likeness (QED) is 0.848. The summed E-state index contributed by atoms with van der Waals surface area (Å²) >= 11 is 1.91. The molecule has 16 heavy (non-hydrogen) atoms. The first-order chi connectivity index (χ1) is 7.37. The average molecular weight is 241 g/mol. The zero-order valence-electron chi connectivity index (χ0n) is 11.0. The van der Waals surface area contributed by atoms with Crippen LogP contribution in [-0.4, -0.2) is 10.8 Å². The molecule has 1 N–H and O–H groups in total. The van der Waals surface area contributed by atoms with Crippen LogP contribution in [0.1, 0.15) is 46.1 Å². The minimum Gasteiger partial charge on any atom is -0.464 e. The van der Waals surface area contributed by atoms with E-state index in [0.717, 1.165) is 23.8 Å². The van der Waals surface area contributed by atoms with Gasteiger partial charge in [0.15, 0.2) is 0 Å². The predicted molar refractivity (Wildman–Crippen MR) is 71.7 cm³/mol. The maximum Gasteiger partial charge on any atom is 0.118 e. The van der Waals surface area contributed by atoms with Gasteiger partial charge >= 0.3 is 0 Å². The van der Waals surface area contributed by atoms with Gasteiger partial charge in [0.1, 0.15) is 11.5 Å². The summed E-state index contributed by atoms with van der Waals surface area (Å²) in [6.45, 7) is 11.8. The van der Waals surface area contributed by atoms with E-state index in [2.05, 4.69) is 52.1 Å². The maximum atomic E-state index is 5.75. The number of hydrogen-bond donors (Lipinski definition) is 1. The van der Waals surface area contributed by atoms with Crippen LogP contribution >= 0.6 is 11.8 Å². The van der Waals surface area contributed by atoms with Gasteiger partial charge in [-0.25, -0.2) is 0 Å². The van der Waals surface area contributed by atoms with Crippen LogP contribution in [0.4, 0.5) is 0 Å². The highest BCUT2D eigenvalue weighted by Gasteiger charge is 2.12. The van der Waals surface area contributed by atoms with Gasteiger partial charge in [-0.05, 0) is 12.1 Å². The zero-order chi connectivity index (χ0) is 12.2. The van der Waals surface area contributed by atoms with Gasteiger partial charge in [-0.15, -0.1) is 11.8 Å². The van der Waals surface area contributed by atoms with E-state index < -0.39 is 0 Å². The fourth-order valence-electron chi connectivity index (χ4n) is 1.19. The Bertz CT molecular complexity index is 312. The lowest BCUT2D eigenvalue weighted by molar-refractivity contribution is 0.445. The second kappa shape index (κ2) is 5.78. The molecule has 0 aromatic carbocycles. The van der Waals surface area contributed by atoms with E-state index in [1.807, 2.05) is 11.8 Å². The highest BCUT2D eigenvalue weighted by molar-refractivity contribution is 7.99. The predicted octanol–water partition coefficient (Wildman–Crippen LogP) is 3.81. The van der Waals surface area contributed by atoms with Crippen LogP contribution in [0.15, 0.2) is 16.5 Å². The SMILES string of the molecule is CC(C)NCc1ccc(CSC(C)(C)C)o1. The van der Waals surface area contributed by atoms with Crippen molar-refractivity contribution < 1.29 is 4.42 Å². The van der Waals surface area contributed by atoms with E-state index >= 15 is 0 Å². The number of hydrogen-bond acceptors (Lipinski definition) is 3. The first-order valence-electron chi connectivity index (χ1n) is 5.82. The molecule has 3 heteroatoms. The summed E-state index contributed by atoms with van der Waals surface area (Å²) in [4.78, 5) is 0. The fraction of sp³-hybridized carbons (Fsp3) is 0.692. The van der Waals surface area contributed by atoms with E-state index in [4.69, 9.17) is 4.42 Å². The van der Waals surface area contributed by atoms with Crippen LogP contribution in [0.25, 0.3) is 0 Å². The molecule has 0 atom stereocenters. The lowest BCUT2D eigenvalue weighted by Gasteiger charge is -2.16. The average Bonchev–Trinajstić information content (AvgIpc) is 2.58. The Morgan fingerprint density at radius 1 is 1.25 bits per heavy atom. The Balaban J connectivity index is 2.39. The summed E-state index contributed by atoms with van der Waals surface area (Å²) in [5.74, 6) is 3.05. The summed E-state index contributed by atoms with van der Waals surface area (Å²) in [6.07, 6.45) is 0. The van der Waals surface area contributed by atoms with Crippen molar-refractivity contribution in [1.29, 1.82) is 0 Å². The molecular formula is C13H23NOS. The normalized spacial score (nSPS) is 12.4. The summed E-state index contributed by atoms with van der Waals surface area (Å²) in [5.41, 5.74) is 0. The van der Waals surface area contributed by atoms with Gasteiger partial charge in [-0.1, -0.05) is 34.6 Å². The first kappa shape index (κ1) is 13.7. The summed E-state index contributed by atoms with van der Waals surface area (Å²) in [5, 5.41) is 3.35. The molecule has 0 fully saturated rings. The Kier molecular flexibility index (Phi) is 4.93. The second-order valence-electron chi connectivity index (χ2n) is 5.30. The smallest absolute Gasteiger partial charge is 0.118 e. The number of nitrogens with one attached hydrogen (secondary N) is 1. The molecule has 1 rings (SSSR count). The van der Waals surface area contributed by atoms with Crippen molar-refractivity contribution >= 4 is 11.8 Å². The van der Waals surface area contributed by atoms with Gasteiger partial charge in [-0.3, -0.25) is 0 Å². The highest BCUT2D eigenvalue weighted by atomic mass is 32.2. The van der Waals surface area contributed by atoms with Crippen molar-refractivity contribution in [2.75, 3.05) is 0 Å². The molecule has 1 aromatic rings. The summed E-state index contributed by atoms with van der Waals surface area (Å²) in [6, 6.07) is 4.64. The van der Waals surface area contributed by atoms with Gasteiger partial charge in [0, 0.05) is 10.8 Å². The van der Waals surface area contributed by atoms with Gasteiger partial charge in [0.25, 0.3) is 0 Å². The van der Waals surface area contributed by atoms with E-state index in [0.29, 0.717) is 10.8 Å². The van der Waals surface area contributed by atoms with E-state index in [-0.39, 0.29) is 0 Å². The van der Waals surface area contributed by atoms with Crippen LogP contribution in [0.3, 0.4) is 0 Å². The van der Waals surface area contributed by atoms with Crippen molar-refractivity contribution in [2.24, 2.45) is 0 Å². The van der Waals surface area contributed by atoms with E-state index in [9.17, 15) is 0 Å². The van der Waals surface area contributed by atoms with Crippen LogP contribution in [0.5, 0.6) is 0 Å². The third kappa shape index (κ3) is 5.61. The number of rotatable bonds is 5. The second-order valence-corrected chi connectivity index (χ2v) is 7.11. The van der Waals surface area contributed by atoms with Crippen LogP contribution in [0.2, 0.25) is 0 Å². The molecule has 0 unspecified atom stereocenters. The summed E-state index contributed by atoms with van der Waals surface area (Å²) in [7, 11) is 0. The Morgan fingerprint density at radius 3 is 2.44 bits per heavy atom. The van der Waals surface area contributed by atoms with E-state index in [1.165, 1.54) is 0 Å². The van der Waals surface area contributed by atoms with Gasteiger partial charge in [0.05, 0.1) is 12.3 Å². The van der Waals surface area contributed by atoms with Crippen LogP contribution in [-0.2, 0) is 12.3 Å². The minimum absolute atomic E-state index is 0.295. The molecule has 0 spiro atoms. The molecule has 0 saturated heterocycles. The molecule has 0 aliphatic carbocycles. The first-order valence-corrected chi connectivity index (χ1v) is 6.80. The molecule has 0 amide bonds. The zero-order valence-corrected chi connectivity index (χ0v) is 11.8. The maximum absolute atomic E-state index is 5.75. The lowest BCUT2D eigenvalue weighted by atomic mass is 10.3. The topological polar surface area (TPSA) is 25.2 Å². The molecule has 0 aliphatic rings. The summed E-state index contributed by atoms with van der Waals surface area (Å²) < 4.78 is 6.04. The molecule has 0 aliphatic heterocycles. The molecular weight excluding hydrogens is 218 g/mol. The molecule has 0 bridgehead atoms. The standard InChI is InChI=1S/C13H23NOS/c1-10(2)14-8-11-6-7-12(15-11)9-16-13(3,4)5/h6-7,10,14H,8-9H2,1-5H3. The number of thioether (sulfide) groups is 1. The third-order valence-electron chi connectivity index (χ3n) is 2.05. The van der Waals surface area contributed by atoms with Gasteiger partial charge < -0.3 is 9.73 Å². The van der Waals surface area contributed by atoms with Crippen molar-refractivity contribution in [2.45, 2.75) is 57.7 Å². The Hall–Kier alpha value is -0.410. The molecule has 1 heterocycles. The number of furan rings is 1. The Labute approximate surface area is 103 Å².